The van der Waals surface area contributed by atoms with E-state index in [1.165, 1.54) is 38.5 Å². The van der Waals surface area contributed by atoms with Gasteiger partial charge in [0.05, 0.1) is 19.8 Å². The molecule has 0 bridgehead atoms. The summed E-state index contributed by atoms with van der Waals surface area (Å²) in [7, 11) is 2.93. The molecule has 0 saturated heterocycles. The van der Waals surface area contributed by atoms with E-state index >= 15 is 0 Å². The average molecular weight is 415 g/mol. The molecule has 0 fully saturated rings. The minimum atomic E-state index is -0.931. The Kier molecular flexibility index (Phi) is 7.62. The number of phenols is 1. The highest BCUT2D eigenvalue weighted by molar-refractivity contribution is 6.00. The standard InChI is InChI=1S/C21H25N3O6/c1-12(2)18(21(28)24-23-20(27)16-7-5-6-8-17(16)25)22-19(26)13-9-14(29-3)11-15(10-13)30-4/h5-12,18,25H,1-4H3,(H,22,26)(H,23,27)(H,24,28)/t18-/m0/s1. The third-order valence-corrected chi connectivity index (χ3v) is 4.30. The van der Waals surface area contributed by atoms with Gasteiger partial charge in [-0.25, -0.2) is 0 Å². The first-order valence-corrected chi connectivity index (χ1v) is 9.19. The van der Waals surface area contributed by atoms with Crippen LogP contribution < -0.4 is 25.6 Å². The van der Waals surface area contributed by atoms with Gasteiger partial charge in [-0.1, -0.05) is 26.0 Å². The SMILES string of the molecule is COc1cc(OC)cc(C(=O)N[C@H](C(=O)NNC(=O)c2ccccc2O)C(C)C)c1. The maximum atomic E-state index is 12.7. The predicted molar refractivity (Wildman–Crippen MR) is 109 cm³/mol. The number of ether oxygens (including phenoxy) is 2. The molecule has 30 heavy (non-hydrogen) atoms. The lowest BCUT2D eigenvalue weighted by Crippen LogP contribution is -2.54. The van der Waals surface area contributed by atoms with Crippen molar-refractivity contribution in [2.45, 2.75) is 19.9 Å². The van der Waals surface area contributed by atoms with E-state index < -0.39 is 23.8 Å². The molecular weight excluding hydrogens is 390 g/mol. The summed E-state index contributed by atoms with van der Waals surface area (Å²) in [6.07, 6.45) is 0. The predicted octanol–water partition coefficient (Wildman–Crippen LogP) is 1.62. The number of benzene rings is 2. The van der Waals surface area contributed by atoms with Crippen LogP contribution in [0.2, 0.25) is 0 Å². The second-order valence-corrected chi connectivity index (χ2v) is 6.76. The molecule has 2 aromatic carbocycles. The molecule has 0 aromatic heterocycles. The van der Waals surface area contributed by atoms with Crippen LogP contribution in [0.15, 0.2) is 42.5 Å². The molecule has 1 atom stereocenters. The van der Waals surface area contributed by atoms with Gasteiger partial charge in [0.25, 0.3) is 17.7 Å². The third kappa shape index (κ3) is 5.63. The van der Waals surface area contributed by atoms with Crippen molar-refractivity contribution in [3.05, 3.63) is 53.6 Å². The van der Waals surface area contributed by atoms with Gasteiger partial charge in [0.2, 0.25) is 0 Å². The van der Waals surface area contributed by atoms with Gasteiger partial charge in [0, 0.05) is 11.6 Å². The van der Waals surface area contributed by atoms with Crippen LogP contribution in [0.1, 0.15) is 34.6 Å². The second kappa shape index (κ2) is 10.1. The number of amides is 3. The number of phenolic OH excluding ortho intramolecular Hbond substituents is 1. The Morgan fingerprint density at radius 1 is 0.900 bits per heavy atom. The normalized spacial score (nSPS) is 11.4. The number of carbonyl (C=O) groups excluding carboxylic acids is 3. The Hall–Kier alpha value is -3.75. The van der Waals surface area contributed by atoms with E-state index in [-0.39, 0.29) is 22.8 Å². The summed E-state index contributed by atoms with van der Waals surface area (Å²) in [6, 6.07) is 9.65. The van der Waals surface area contributed by atoms with E-state index in [1.807, 2.05) is 0 Å². The van der Waals surface area contributed by atoms with Gasteiger partial charge in [-0.2, -0.15) is 0 Å². The molecule has 3 amide bonds. The Labute approximate surface area is 174 Å². The number of carbonyl (C=O) groups is 3. The molecule has 0 aliphatic carbocycles. The Bertz CT molecular complexity index is 906. The smallest absolute Gasteiger partial charge is 0.273 e. The summed E-state index contributed by atoms with van der Waals surface area (Å²) < 4.78 is 10.3. The van der Waals surface area contributed by atoms with Crippen molar-refractivity contribution in [1.82, 2.24) is 16.2 Å². The molecule has 0 heterocycles. The monoisotopic (exact) mass is 415 g/mol. The minimum Gasteiger partial charge on any atom is -0.507 e. The van der Waals surface area contributed by atoms with Crippen LogP contribution >= 0.6 is 0 Å². The fourth-order valence-corrected chi connectivity index (χ4v) is 2.63. The van der Waals surface area contributed by atoms with Crippen molar-refractivity contribution in [3.63, 3.8) is 0 Å². The highest BCUT2D eigenvalue weighted by atomic mass is 16.5. The number of rotatable bonds is 7. The first-order valence-electron chi connectivity index (χ1n) is 9.19. The van der Waals surface area contributed by atoms with Gasteiger partial charge < -0.3 is 19.9 Å². The molecule has 160 valence electrons. The number of hydrogen-bond donors (Lipinski definition) is 4. The van der Waals surface area contributed by atoms with Gasteiger partial charge in [-0.15, -0.1) is 0 Å². The molecule has 9 heteroatoms. The Balaban J connectivity index is 2.08. The number of hydrazine groups is 1. The second-order valence-electron chi connectivity index (χ2n) is 6.76. The highest BCUT2D eigenvalue weighted by Gasteiger charge is 2.26. The molecule has 0 unspecified atom stereocenters. The van der Waals surface area contributed by atoms with Gasteiger partial charge in [-0.3, -0.25) is 25.2 Å². The summed E-state index contributed by atoms with van der Waals surface area (Å²) in [5.74, 6) is -1.44. The van der Waals surface area contributed by atoms with E-state index in [2.05, 4.69) is 16.2 Å². The Morgan fingerprint density at radius 2 is 1.50 bits per heavy atom. The van der Waals surface area contributed by atoms with Crippen LogP contribution in [0, 0.1) is 5.92 Å². The number of nitrogens with one attached hydrogen (secondary N) is 3. The van der Waals surface area contributed by atoms with Crippen LogP contribution in [0.4, 0.5) is 0 Å². The third-order valence-electron chi connectivity index (χ3n) is 4.30. The van der Waals surface area contributed by atoms with Crippen molar-refractivity contribution in [1.29, 1.82) is 0 Å². The lowest BCUT2D eigenvalue weighted by atomic mass is 10.0. The van der Waals surface area contributed by atoms with Crippen LogP contribution in [0.3, 0.4) is 0 Å². The van der Waals surface area contributed by atoms with Crippen LogP contribution in [-0.2, 0) is 4.79 Å². The molecular formula is C21H25N3O6. The zero-order chi connectivity index (χ0) is 22.3. The van der Waals surface area contributed by atoms with E-state index in [4.69, 9.17) is 9.47 Å². The van der Waals surface area contributed by atoms with Crippen LogP contribution in [0.25, 0.3) is 0 Å². The quantitative estimate of drug-likeness (QED) is 0.509. The number of hydrogen-bond acceptors (Lipinski definition) is 6. The van der Waals surface area contributed by atoms with Gasteiger partial charge >= 0.3 is 0 Å². The number of aromatic hydroxyl groups is 1. The van der Waals surface area contributed by atoms with Crippen molar-refractivity contribution < 1.29 is 29.0 Å². The molecule has 0 spiro atoms. The molecule has 0 aliphatic rings. The molecule has 4 N–H and O–H groups in total. The van der Waals surface area contributed by atoms with E-state index in [0.717, 1.165) is 0 Å². The first kappa shape index (κ1) is 22.5. The average Bonchev–Trinajstić information content (AvgIpc) is 2.74. The summed E-state index contributed by atoms with van der Waals surface area (Å²) in [5, 5.41) is 12.4. The van der Waals surface area contributed by atoms with Crippen molar-refractivity contribution in [3.8, 4) is 17.2 Å². The largest absolute Gasteiger partial charge is 0.507 e. The van der Waals surface area contributed by atoms with Crippen LogP contribution in [0.5, 0.6) is 17.2 Å². The minimum absolute atomic E-state index is 0.00593. The van der Waals surface area contributed by atoms with Crippen molar-refractivity contribution in [2.24, 2.45) is 5.92 Å². The van der Waals surface area contributed by atoms with Gasteiger partial charge in [0.1, 0.15) is 23.3 Å². The molecule has 0 radical (unpaired) electrons. The fourth-order valence-electron chi connectivity index (χ4n) is 2.63. The molecule has 2 rings (SSSR count). The molecule has 2 aromatic rings. The van der Waals surface area contributed by atoms with E-state index in [1.54, 1.807) is 32.0 Å². The number of para-hydroxylation sites is 1. The van der Waals surface area contributed by atoms with Gasteiger partial charge in [-0.05, 0) is 30.2 Å². The summed E-state index contributed by atoms with van der Waals surface area (Å²) in [6.45, 7) is 3.50. The highest BCUT2D eigenvalue weighted by Crippen LogP contribution is 2.22. The maximum Gasteiger partial charge on any atom is 0.273 e. The van der Waals surface area contributed by atoms with Crippen molar-refractivity contribution >= 4 is 17.7 Å². The zero-order valence-electron chi connectivity index (χ0n) is 17.2. The lowest BCUT2D eigenvalue weighted by Gasteiger charge is -2.22. The Morgan fingerprint density at radius 3 is 2.03 bits per heavy atom. The summed E-state index contributed by atoms with van der Waals surface area (Å²) >= 11 is 0. The number of methoxy groups -OCH3 is 2. The summed E-state index contributed by atoms with van der Waals surface area (Å²) in [4.78, 5) is 37.4. The lowest BCUT2D eigenvalue weighted by molar-refractivity contribution is -0.124. The van der Waals surface area contributed by atoms with Crippen LogP contribution in [-0.4, -0.2) is 43.1 Å². The van der Waals surface area contributed by atoms with Crippen molar-refractivity contribution in [2.75, 3.05) is 14.2 Å². The fraction of sp³-hybridized carbons (Fsp3) is 0.286. The zero-order valence-corrected chi connectivity index (χ0v) is 17.2. The van der Waals surface area contributed by atoms with E-state index in [9.17, 15) is 19.5 Å². The molecule has 0 aliphatic heterocycles. The first-order chi connectivity index (χ1) is 14.3. The van der Waals surface area contributed by atoms with E-state index in [0.29, 0.717) is 11.5 Å². The van der Waals surface area contributed by atoms with Gasteiger partial charge in [0.15, 0.2) is 0 Å². The molecule has 9 nitrogen and oxygen atoms in total. The maximum absolute atomic E-state index is 12.7. The summed E-state index contributed by atoms with van der Waals surface area (Å²) in [5.41, 5.74) is 4.77. The molecule has 0 saturated carbocycles. The topological polar surface area (TPSA) is 126 Å².